The molecule has 1 unspecified atom stereocenters. The maximum absolute atomic E-state index is 11.4. The first-order valence-corrected chi connectivity index (χ1v) is 7.41. The van der Waals surface area contributed by atoms with E-state index in [9.17, 15) is 4.79 Å². The molecule has 0 aliphatic rings. The van der Waals surface area contributed by atoms with Crippen molar-refractivity contribution in [2.75, 3.05) is 11.9 Å². The molecule has 0 fully saturated rings. The first-order valence-electron chi connectivity index (χ1n) is 7.41. The molecule has 1 heterocycles. The van der Waals surface area contributed by atoms with E-state index in [1.54, 1.807) is 6.92 Å². The monoisotopic (exact) mass is 310 g/mol. The Morgan fingerprint density at radius 3 is 2.78 bits per heavy atom. The highest BCUT2D eigenvalue weighted by molar-refractivity contribution is 5.86. The van der Waals surface area contributed by atoms with Gasteiger partial charge in [-0.2, -0.15) is 0 Å². The van der Waals surface area contributed by atoms with Crippen molar-refractivity contribution in [3.05, 3.63) is 59.7 Å². The summed E-state index contributed by atoms with van der Waals surface area (Å²) in [6, 6.07) is 15.4. The maximum atomic E-state index is 11.4. The lowest BCUT2D eigenvalue weighted by atomic mass is 9.99. The number of aromatic amines is 1. The molecule has 1 aromatic heterocycles. The van der Waals surface area contributed by atoms with Gasteiger partial charge in [0.1, 0.15) is 0 Å². The molecule has 6 nitrogen and oxygen atoms in total. The van der Waals surface area contributed by atoms with Crippen molar-refractivity contribution < 1.29 is 9.53 Å². The largest absolute Gasteiger partial charge is 0.450 e. The lowest BCUT2D eigenvalue weighted by Gasteiger charge is -2.12. The van der Waals surface area contributed by atoms with Crippen LogP contribution in [0.2, 0.25) is 0 Å². The molecule has 1 atom stereocenters. The number of hydrogen-bond acceptors (Lipinski definition) is 4. The van der Waals surface area contributed by atoms with Gasteiger partial charge in [-0.1, -0.05) is 36.4 Å². The van der Waals surface area contributed by atoms with Gasteiger partial charge >= 0.3 is 6.09 Å². The molecular weight excluding hydrogens is 292 g/mol. The molecule has 2 aromatic carbocycles. The Morgan fingerprint density at radius 2 is 2.04 bits per heavy atom. The van der Waals surface area contributed by atoms with Crippen molar-refractivity contribution in [1.29, 1.82) is 0 Å². The highest BCUT2D eigenvalue weighted by Crippen LogP contribution is 2.23. The summed E-state index contributed by atoms with van der Waals surface area (Å²) in [7, 11) is 0. The summed E-state index contributed by atoms with van der Waals surface area (Å²) in [5, 5.41) is 2.55. The zero-order valence-electron chi connectivity index (χ0n) is 12.7. The van der Waals surface area contributed by atoms with E-state index in [1.165, 1.54) is 0 Å². The summed E-state index contributed by atoms with van der Waals surface area (Å²) in [6.45, 7) is 2.05. The SMILES string of the molecule is CCOC(=O)Nc1nc2ccc(C(N)c3ccccc3)cc2[nH]1. The average Bonchev–Trinajstić information content (AvgIpc) is 2.96. The number of fused-ring (bicyclic) bond motifs is 1. The van der Waals surface area contributed by atoms with Crippen molar-refractivity contribution in [2.45, 2.75) is 13.0 Å². The highest BCUT2D eigenvalue weighted by Gasteiger charge is 2.12. The minimum Gasteiger partial charge on any atom is -0.450 e. The fourth-order valence-corrected chi connectivity index (χ4v) is 2.40. The molecule has 118 valence electrons. The van der Waals surface area contributed by atoms with Gasteiger partial charge in [0.15, 0.2) is 0 Å². The molecule has 0 bridgehead atoms. The Hall–Kier alpha value is -2.86. The zero-order chi connectivity index (χ0) is 16.2. The number of nitrogens with two attached hydrogens (primary N) is 1. The second-order valence-corrected chi connectivity index (χ2v) is 5.10. The number of ether oxygens (including phenoxy) is 1. The van der Waals surface area contributed by atoms with E-state index in [4.69, 9.17) is 10.5 Å². The van der Waals surface area contributed by atoms with E-state index in [0.29, 0.717) is 12.6 Å². The molecule has 0 saturated carbocycles. The van der Waals surface area contributed by atoms with Gasteiger partial charge in [0, 0.05) is 0 Å². The fourth-order valence-electron chi connectivity index (χ4n) is 2.40. The van der Waals surface area contributed by atoms with Crippen molar-refractivity contribution in [3.63, 3.8) is 0 Å². The summed E-state index contributed by atoms with van der Waals surface area (Å²) in [5.74, 6) is 0.351. The number of aromatic nitrogens is 2. The number of rotatable bonds is 4. The number of anilines is 1. The van der Waals surface area contributed by atoms with Gasteiger partial charge < -0.3 is 15.5 Å². The molecule has 1 amide bonds. The second-order valence-electron chi connectivity index (χ2n) is 5.10. The van der Waals surface area contributed by atoms with Gasteiger partial charge in [0.25, 0.3) is 0 Å². The Labute approximate surface area is 133 Å². The molecule has 3 rings (SSSR count). The molecule has 0 aliphatic carbocycles. The summed E-state index contributed by atoms with van der Waals surface area (Å²) < 4.78 is 4.83. The summed E-state index contributed by atoms with van der Waals surface area (Å²) in [6.07, 6.45) is -0.534. The number of amides is 1. The first-order chi connectivity index (χ1) is 11.2. The molecule has 4 N–H and O–H groups in total. The fraction of sp³-hybridized carbons (Fsp3) is 0.176. The predicted molar refractivity (Wildman–Crippen MR) is 89.2 cm³/mol. The van der Waals surface area contributed by atoms with Crippen LogP contribution in [0.5, 0.6) is 0 Å². The molecule has 23 heavy (non-hydrogen) atoms. The van der Waals surface area contributed by atoms with E-state index < -0.39 is 6.09 Å². The van der Waals surface area contributed by atoms with Gasteiger partial charge in [0.05, 0.1) is 23.7 Å². The zero-order valence-corrected chi connectivity index (χ0v) is 12.7. The minimum absolute atomic E-state index is 0.217. The van der Waals surface area contributed by atoms with E-state index in [2.05, 4.69) is 15.3 Å². The van der Waals surface area contributed by atoms with Crippen LogP contribution in [0.3, 0.4) is 0 Å². The minimum atomic E-state index is -0.534. The van der Waals surface area contributed by atoms with Crippen LogP contribution < -0.4 is 11.1 Å². The molecule has 0 saturated heterocycles. The predicted octanol–water partition coefficient (Wildman–Crippen LogP) is 3.18. The summed E-state index contributed by atoms with van der Waals surface area (Å²) in [4.78, 5) is 18.8. The van der Waals surface area contributed by atoms with Crippen molar-refractivity contribution in [2.24, 2.45) is 5.73 Å². The average molecular weight is 310 g/mol. The smallest absolute Gasteiger partial charge is 0.413 e. The van der Waals surface area contributed by atoms with Gasteiger partial charge in [0.2, 0.25) is 5.95 Å². The van der Waals surface area contributed by atoms with Gasteiger partial charge in [-0.15, -0.1) is 0 Å². The van der Waals surface area contributed by atoms with Crippen LogP contribution in [0.25, 0.3) is 11.0 Å². The van der Waals surface area contributed by atoms with Crippen molar-refractivity contribution in [3.8, 4) is 0 Å². The lowest BCUT2D eigenvalue weighted by Crippen LogP contribution is -2.14. The van der Waals surface area contributed by atoms with Crippen molar-refractivity contribution >= 4 is 23.1 Å². The molecule has 0 aliphatic heterocycles. The number of carbonyl (C=O) groups is 1. The third-order valence-corrected chi connectivity index (χ3v) is 3.52. The number of carbonyl (C=O) groups excluding carboxylic acids is 1. The van der Waals surface area contributed by atoms with Crippen molar-refractivity contribution in [1.82, 2.24) is 9.97 Å². The molecule has 6 heteroatoms. The summed E-state index contributed by atoms with van der Waals surface area (Å²) >= 11 is 0. The number of H-pyrrole nitrogens is 1. The number of benzene rings is 2. The van der Waals surface area contributed by atoms with E-state index >= 15 is 0 Å². The number of nitrogens with zero attached hydrogens (tertiary/aromatic N) is 1. The van der Waals surface area contributed by atoms with Crippen LogP contribution in [0, 0.1) is 0 Å². The van der Waals surface area contributed by atoms with E-state index in [0.717, 1.165) is 22.2 Å². The third kappa shape index (κ3) is 3.32. The van der Waals surface area contributed by atoms with Crippen LogP contribution in [-0.4, -0.2) is 22.7 Å². The standard InChI is InChI=1S/C17H18N4O2/c1-2-23-17(22)21-16-19-13-9-8-12(10-14(13)20-16)15(18)11-6-4-3-5-7-11/h3-10,15H,2,18H2,1H3,(H2,19,20,21,22). The Morgan fingerprint density at radius 1 is 1.26 bits per heavy atom. The molecule has 0 radical (unpaired) electrons. The van der Waals surface area contributed by atoms with Gasteiger partial charge in [-0.25, -0.2) is 9.78 Å². The Balaban J connectivity index is 1.86. The topological polar surface area (TPSA) is 93.0 Å². The Bertz CT molecular complexity index is 814. The normalized spacial score (nSPS) is 12.1. The number of imidazole rings is 1. The quantitative estimate of drug-likeness (QED) is 0.690. The maximum Gasteiger partial charge on any atom is 0.413 e. The molecule has 3 aromatic rings. The second kappa shape index (κ2) is 6.50. The number of hydrogen-bond donors (Lipinski definition) is 3. The van der Waals surface area contributed by atoms with Crippen LogP contribution in [0.4, 0.5) is 10.7 Å². The molecular formula is C17H18N4O2. The van der Waals surface area contributed by atoms with Gasteiger partial charge in [-0.3, -0.25) is 5.32 Å². The highest BCUT2D eigenvalue weighted by atomic mass is 16.5. The van der Waals surface area contributed by atoms with E-state index in [1.807, 2.05) is 48.5 Å². The van der Waals surface area contributed by atoms with Crippen LogP contribution in [0.1, 0.15) is 24.1 Å². The first kappa shape index (κ1) is 15.1. The van der Waals surface area contributed by atoms with Crippen LogP contribution in [0.15, 0.2) is 48.5 Å². The molecule has 0 spiro atoms. The van der Waals surface area contributed by atoms with Crippen LogP contribution >= 0.6 is 0 Å². The van der Waals surface area contributed by atoms with Crippen LogP contribution in [-0.2, 0) is 4.74 Å². The van der Waals surface area contributed by atoms with Gasteiger partial charge in [-0.05, 0) is 30.2 Å². The third-order valence-electron chi connectivity index (χ3n) is 3.52. The van der Waals surface area contributed by atoms with E-state index in [-0.39, 0.29) is 6.04 Å². The lowest BCUT2D eigenvalue weighted by molar-refractivity contribution is 0.167. The number of nitrogens with one attached hydrogen (secondary N) is 2. The summed E-state index contributed by atoms with van der Waals surface area (Å²) in [5.41, 5.74) is 9.87. The Kier molecular flexibility index (Phi) is 4.25.